The minimum Gasteiger partial charge on any atom is -0.459 e. The third-order valence-electron chi connectivity index (χ3n) is 4.98. The van der Waals surface area contributed by atoms with Gasteiger partial charge in [0.25, 0.3) is 0 Å². The summed E-state index contributed by atoms with van der Waals surface area (Å²) >= 11 is 0. The molecule has 27 heavy (non-hydrogen) atoms. The zero-order valence-corrected chi connectivity index (χ0v) is 16.7. The summed E-state index contributed by atoms with van der Waals surface area (Å²) in [7, 11) is 0. The molecule has 2 N–H and O–H groups in total. The molecule has 1 aromatic heterocycles. The molecule has 3 rings (SSSR count). The number of hydrogen-bond acceptors (Lipinski definition) is 4. The van der Waals surface area contributed by atoms with Crippen LogP contribution in [0.2, 0.25) is 0 Å². The summed E-state index contributed by atoms with van der Waals surface area (Å²) in [5.74, 6) is 2.27. The van der Waals surface area contributed by atoms with E-state index in [1.54, 1.807) is 0 Å². The molecule has 148 valence electrons. The predicted molar refractivity (Wildman–Crippen MR) is 110 cm³/mol. The Balaban J connectivity index is 1.62. The molecule has 2 aromatic rings. The van der Waals surface area contributed by atoms with Crippen LogP contribution >= 0.6 is 0 Å². The lowest BCUT2D eigenvalue weighted by molar-refractivity contribution is 0.00752. The summed E-state index contributed by atoms with van der Waals surface area (Å²) in [5, 5.41) is 7.97. The van der Waals surface area contributed by atoms with Crippen molar-refractivity contribution in [1.82, 2.24) is 15.5 Å². The van der Waals surface area contributed by atoms with Gasteiger partial charge in [0.05, 0.1) is 13.2 Å². The molecule has 0 saturated carbocycles. The Morgan fingerprint density at radius 3 is 2.67 bits per heavy atom. The van der Waals surface area contributed by atoms with E-state index in [4.69, 9.17) is 14.1 Å². The van der Waals surface area contributed by atoms with Crippen molar-refractivity contribution >= 4 is 16.9 Å². The van der Waals surface area contributed by atoms with E-state index in [0.29, 0.717) is 18.5 Å². The van der Waals surface area contributed by atoms with Gasteiger partial charge in [-0.25, -0.2) is 4.99 Å². The Hall–Kier alpha value is -2.05. The van der Waals surface area contributed by atoms with Crippen molar-refractivity contribution in [1.29, 1.82) is 0 Å². The van der Waals surface area contributed by atoms with Crippen LogP contribution in [0.15, 0.2) is 39.7 Å². The first kappa shape index (κ1) is 19.7. The maximum Gasteiger partial charge on any atom is 0.191 e. The minimum absolute atomic E-state index is 0.462. The quantitative estimate of drug-likeness (QED) is 0.578. The van der Waals surface area contributed by atoms with Crippen LogP contribution in [0.4, 0.5) is 0 Å². The van der Waals surface area contributed by atoms with Gasteiger partial charge < -0.3 is 19.8 Å². The van der Waals surface area contributed by atoms with Gasteiger partial charge in [0.2, 0.25) is 0 Å². The molecule has 1 aliphatic rings. The second kappa shape index (κ2) is 9.76. The summed E-state index contributed by atoms with van der Waals surface area (Å²) in [5.41, 5.74) is 0.910. The number of aliphatic imine (C=N–C) groups is 1. The molecular formula is C21H32N4O2. The first-order chi connectivity index (χ1) is 13.2. The number of morpholine rings is 1. The van der Waals surface area contributed by atoms with Crippen molar-refractivity contribution in [3.63, 3.8) is 0 Å². The lowest BCUT2D eigenvalue weighted by Crippen LogP contribution is -2.52. The number of rotatable bonds is 7. The molecular weight excluding hydrogens is 340 g/mol. The van der Waals surface area contributed by atoms with Crippen LogP contribution in [0, 0.1) is 5.92 Å². The van der Waals surface area contributed by atoms with Crippen LogP contribution in [-0.2, 0) is 11.3 Å². The summed E-state index contributed by atoms with van der Waals surface area (Å²) in [6.45, 7) is 12.5. The fourth-order valence-corrected chi connectivity index (χ4v) is 3.51. The molecule has 1 unspecified atom stereocenters. The lowest BCUT2D eigenvalue weighted by Gasteiger charge is -2.37. The number of para-hydroxylation sites is 1. The van der Waals surface area contributed by atoms with E-state index in [1.165, 1.54) is 0 Å². The molecule has 2 heterocycles. The van der Waals surface area contributed by atoms with Gasteiger partial charge >= 0.3 is 0 Å². The van der Waals surface area contributed by atoms with Gasteiger partial charge in [-0.2, -0.15) is 0 Å². The van der Waals surface area contributed by atoms with E-state index in [-0.39, 0.29) is 0 Å². The fraction of sp³-hybridized carbons (Fsp3) is 0.571. The average molecular weight is 373 g/mol. The first-order valence-electron chi connectivity index (χ1n) is 9.98. The SMILES string of the molecule is CCNC(=NCc1cc2ccccc2o1)NCC(C(C)C)N1CCOCC1. The van der Waals surface area contributed by atoms with Gasteiger partial charge in [-0.1, -0.05) is 32.0 Å². The van der Waals surface area contributed by atoms with Crippen LogP contribution < -0.4 is 10.6 Å². The average Bonchev–Trinajstić information content (AvgIpc) is 3.09. The number of nitrogens with zero attached hydrogens (tertiary/aromatic N) is 2. The van der Waals surface area contributed by atoms with Crippen molar-refractivity contribution in [3.8, 4) is 0 Å². The Morgan fingerprint density at radius 2 is 1.96 bits per heavy atom. The Labute approximate surface area is 162 Å². The van der Waals surface area contributed by atoms with Crippen LogP contribution in [0.25, 0.3) is 11.0 Å². The van der Waals surface area contributed by atoms with Crippen LogP contribution in [0.1, 0.15) is 26.5 Å². The van der Waals surface area contributed by atoms with Crippen molar-refractivity contribution in [2.75, 3.05) is 39.4 Å². The molecule has 6 nitrogen and oxygen atoms in total. The Morgan fingerprint density at radius 1 is 1.19 bits per heavy atom. The molecule has 1 aliphatic heterocycles. The Bertz CT molecular complexity index is 702. The minimum atomic E-state index is 0.462. The number of hydrogen-bond donors (Lipinski definition) is 2. The predicted octanol–water partition coefficient (Wildman–Crippen LogP) is 2.84. The van der Waals surface area contributed by atoms with Crippen LogP contribution in [0.5, 0.6) is 0 Å². The van der Waals surface area contributed by atoms with E-state index in [9.17, 15) is 0 Å². The normalized spacial score (nSPS) is 17.4. The lowest BCUT2D eigenvalue weighted by atomic mass is 10.0. The van der Waals surface area contributed by atoms with Gasteiger partial charge in [-0.15, -0.1) is 0 Å². The van der Waals surface area contributed by atoms with E-state index in [0.717, 1.165) is 62.1 Å². The highest BCUT2D eigenvalue weighted by Gasteiger charge is 2.23. The maximum atomic E-state index is 5.87. The van der Waals surface area contributed by atoms with E-state index in [1.807, 2.05) is 18.2 Å². The van der Waals surface area contributed by atoms with Gasteiger partial charge in [-0.05, 0) is 25.0 Å². The molecule has 0 spiro atoms. The van der Waals surface area contributed by atoms with Gasteiger partial charge in [0.15, 0.2) is 5.96 Å². The Kier molecular flexibility index (Phi) is 7.12. The van der Waals surface area contributed by atoms with Gasteiger partial charge in [0, 0.05) is 37.6 Å². The van der Waals surface area contributed by atoms with Crippen molar-refractivity contribution < 1.29 is 9.15 Å². The number of ether oxygens (including phenoxy) is 1. The number of fused-ring (bicyclic) bond motifs is 1. The third-order valence-corrected chi connectivity index (χ3v) is 4.98. The molecule has 0 bridgehead atoms. The molecule has 0 amide bonds. The second-order valence-corrected chi connectivity index (χ2v) is 7.29. The van der Waals surface area contributed by atoms with Crippen molar-refractivity contribution in [2.45, 2.75) is 33.4 Å². The molecule has 1 atom stereocenters. The highest BCUT2D eigenvalue weighted by molar-refractivity contribution is 5.80. The molecule has 1 saturated heterocycles. The number of guanidine groups is 1. The van der Waals surface area contributed by atoms with Crippen LogP contribution in [-0.4, -0.2) is 56.3 Å². The molecule has 0 aliphatic carbocycles. The highest BCUT2D eigenvalue weighted by atomic mass is 16.5. The summed E-state index contributed by atoms with van der Waals surface area (Å²) in [6.07, 6.45) is 0. The number of benzene rings is 1. The van der Waals surface area contributed by atoms with E-state index in [2.05, 4.69) is 48.4 Å². The molecule has 0 radical (unpaired) electrons. The number of furan rings is 1. The highest BCUT2D eigenvalue weighted by Crippen LogP contribution is 2.19. The van der Waals surface area contributed by atoms with Crippen molar-refractivity contribution in [3.05, 3.63) is 36.1 Å². The summed E-state index contributed by atoms with van der Waals surface area (Å²) in [4.78, 5) is 7.23. The maximum absolute atomic E-state index is 5.87. The van der Waals surface area contributed by atoms with E-state index < -0.39 is 0 Å². The van der Waals surface area contributed by atoms with Gasteiger partial charge in [-0.3, -0.25) is 4.90 Å². The van der Waals surface area contributed by atoms with Crippen LogP contribution in [0.3, 0.4) is 0 Å². The zero-order valence-electron chi connectivity index (χ0n) is 16.7. The fourth-order valence-electron chi connectivity index (χ4n) is 3.51. The topological polar surface area (TPSA) is 62.0 Å². The van der Waals surface area contributed by atoms with E-state index >= 15 is 0 Å². The smallest absolute Gasteiger partial charge is 0.191 e. The first-order valence-corrected chi connectivity index (χ1v) is 9.98. The molecule has 6 heteroatoms. The monoisotopic (exact) mass is 372 g/mol. The molecule has 1 fully saturated rings. The zero-order chi connectivity index (χ0) is 19.1. The molecule has 1 aromatic carbocycles. The summed E-state index contributed by atoms with van der Waals surface area (Å²) in [6, 6.07) is 10.6. The second-order valence-electron chi connectivity index (χ2n) is 7.29. The standard InChI is InChI=1S/C21H32N4O2/c1-4-22-21(23-14-18-13-17-7-5-6-8-20(17)27-18)24-15-19(16(2)3)25-9-11-26-12-10-25/h5-8,13,16,19H,4,9-12,14-15H2,1-3H3,(H2,22,23,24). The third kappa shape index (κ3) is 5.47. The van der Waals surface area contributed by atoms with Gasteiger partial charge in [0.1, 0.15) is 17.9 Å². The largest absolute Gasteiger partial charge is 0.459 e. The number of nitrogens with one attached hydrogen (secondary N) is 2. The van der Waals surface area contributed by atoms with Crippen molar-refractivity contribution in [2.24, 2.45) is 10.9 Å². The summed E-state index contributed by atoms with van der Waals surface area (Å²) < 4.78 is 11.4.